The molecule has 7 heteroatoms. The summed E-state index contributed by atoms with van der Waals surface area (Å²) in [6.45, 7) is 6.67. The lowest BCUT2D eigenvalue weighted by atomic mass is 10.3. The number of amides is 1. The SMILES string of the molecule is COCCCN/C=C(/C#N)C(=O)NCCN1CCNCC1. The summed E-state index contributed by atoms with van der Waals surface area (Å²) in [6.07, 6.45) is 2.30. The van der Waals surface area contributed by atoms with E-state index in [1.807, 2.05) is 6.07 Å². The molecule has 0 spiro atoms. The predicted molar refractivity (Wildman–Crippen MR) is 80.5 cm³/mol. The molecule has 1 amide bonds. The van der Waals surface area contributed by atoms with Crippen molar-refractivity contribution >= 4 is 5.91 Å². The second kappa shape index (κ2) is 11.1. The molecule has 21 heavy (non-hydrogen) atoms. The third-order valence-electron chi connectivity index (χ3n) is 3.20. The lowest BCUT2D eigenvalue weighted by Crippen LogP contribution is -2.46. The first-order valence-electron chi connectivity index (χ1n) is 7.31. The molecule has 1 rings (SSSR count). The van der Waals surface area contributed by atoms with Gasteiger partial charge in [-0.3, -0.25) is 9.69 Å². The minimum absolute atomic E-state index is 0.104. The first kappa shape index (κ1) is 17.4. The molecular formula is C14H25N5O2. The molecule has 0 bridgehead atoms. The van der Waals surface area contributed by atoms with Crippen molar-refractivity contribution in [3.63, 3.8) is 0 Å². The van der Waals surface area contributed by atoms with E-state index in [0.29, 0.717) is 19.7 Å². The molecule has 7 nitrogen and oxygen atoms in total. The summed E-state index contributed by atoms with van der Waals surface area (Å²) in [5.41, 5.74) is 0.104. The number of carbonyl (C=O) groups is 1. The molecule has 0 unspecified atom stereocenters. The number of piperazine rings is 1. The molecular weight excluding hydrogens is 270 g/mol. The molecule has 1 heterocycles. The van der Waals surface area contributed by atoms with E-state index in [1.165, 1.54) is 6.20 Å². The summed E-state index contributed by atoms with van der Waals surface area (Å²) in [5, 5.41) is 18.0. The molecule has 1 fully saturated rings. The van der Waals surface area contributed by atoms with E-state index in [4.69, 9.17) is 10.00 Å². The summed E-state index contributed by atoms with van der Waals surface area (Å²) >= 11 is 0. The van der Waals surface area contributed by atoms with Crippen LogP contribution in [0.15, 0.2) is 11.8 Å². The Bertz CT molecular complexity index is 372. The summed E-state index contributed by atoms with van der Waals surface area (Å²) in [6, 6.07) is 1.91. The monoisotopic (exact) mass is 295 g/mol. The van der Waals surface area contributed by atoms with Crippen molar-refractivity contribution in [2.75, 3.05) is 59.5 Å². The maximum absolute atomic E-state index is 11.8. The van der Waals surface area contributed by atoms with Gasteiger partial charge in [0, 0.05) is 65.7 Å². The normalized spacial score (nSPS) is 16.3. The first-order valence-corrected chi connectivity index (χ1v) is 7.31. The van der Waals surface area contributed by atoms with Gasteiger partial charge < -0.3 is 20.7 Å². The van der Waals surface area contributed by atoms with Gasteiger partial charge in [-0.2, -0.15) is 5.26 Å². The van der Waals surface area contributed by atoms with E-state index < -0.39 is 0 Å². The number of nitrogens with zero attached hydrogens (tertiary/aromatic N) is 2. The van der Waals surface area contributed by atoms with Crippen molar-refractivity contribution in [3.05, 3.63) is 11.8 Å². The van der Waals surface area contributed by atoms with Gasteiger partial charge >= 0.3 is 0 Å². The Morgan fingerprint density at radius 2 is 2.19 bits per heavy atom. The number of nitriles is 1. The van der Waals surface area contributed by atoms with E-state index in [0.717, 1.165) is 39.1 Å². The second-order valence-corrected chi connectivity index (χ2v) is 4.82. The van der Waals surface area contributed by atoms with E-state index in [2.05, 4.69) is 20.9 Å². The predicted octanol–water partition coefficient (Wildman–Crippen LogP) is -0.959. The number of methoxy groups -OCH3 is 1. The molecule has 0 radical (unpaired) electrons. The van der Waals surface area contributed by atoms with Crippen molar-refractivity contribution in [3.8, 4) is 6.07 Å². The lowest BCUT2D eigenvalue weighted by Gasteiger charge is -2.27. The Morgan fingerprint density at radius 3 is 2.86 bits per heavy atom. The van der Waals surface area contributed by atoms with Crippen LogP contribution in [-0.2, 0) is 9.53 Å². The summed E-state index contributed by atoms with van der Waals surface area (Å²) in [7, 11) is 1.64. The van der Waals surface area contributed by atoms with Gasteiger partial charge in [0.1, 0.15) is 11.6 Å². The summed E-state index contributed by atoms with van der Waals surface area (Å²) in [5.74, 6) is -0.327. The Morgan fingerprint density at radius 1 is 1.43 bits per heavy atom. The van der Waals surface area contributed by atoms with E-state index in [9.17, 15) is 4.79 Å². The number of ether oxygens (including phenoxy) is 1. The number of rotatable bonds is 9. The molecule has 0 aromatic carbocycles. The molecule has 0 aromatic rings. The highest BCUT2D eigenvalue weighted by atomic mass is 16.5. The highest BCUT2D eigenvalue weighted by Gasteiger charge is 2.11. The van der Waals surface area contributed by atoms with Crippen LogP contribution in [0.2, 0.25) is 0 Å². The van der Waals surface area contributed by atoms with Gasteiger partial charge in [-0.25, -0.2) is 0 Å². The zero-order chi connectivity index (χ0) is 15.3. The number of carbonyl (C=O) groups excluding carboxylic acids is 1. The van der Waals surface area contributed by atoms with Gasteiger partial charge in [-0.05, 0) is 6.42 Å². The quantitative estimate of drug-likeness (QED) is 0.288. The standard InChI is InChI=1S/C14H25N5O2/c1-21-10-2-3-17-12-13(11-15)14(20)18-6-9-19-7-4-16-5-8-19/h12,16-17H,2-10H2,1H3,(H,18,20)/b13-12-. The van der Waals surface area contributed by atoms with Crippen molar-refractivity contribution in [2.45, 2.75) is 6.42 Å². The Balaban J connectivity index is 2.20. The second-order valence-electron chi connectivity index (χ2n) is 4.82. The van der Waals surface area contributed by atoms with Crippen LogP contribution in [-0.4, -0.2) is 70.3 Å². The van der Waals surface area contributed by atoms with Crippen LogP contribution in [0, 0.1) is 11.3 Å². The van der Waals surface area contributed by atoms with Gasteiger partial charge in [0.25, 0.3) is 5.91 Å². The minimum Gasteiger partial charge on any atom is -0.390 e. The summed E-state index contributed by atoms with van der Waals surface area (Å²) < 4.78 is 4.92. The van der Waals surface area contributed by atoms with Gasteiger partial charge in [0.15, 0.2) is 0 Å². The lowest BCUT2D eigenvalue weighted by molar-refractivity contribution is -0.117. The highest BCUT2D eigenvalue weighted by molar-refractivity contribution is 5.97. The van der Waals surface area contributed by atoms with Crippen LogP contribution in [0.1, 0.15) is 6.42 Å². The fourth-order valence-corrected chi connectivity index (χ4v) is 2.00. The molecule has 0 saturated carbocycles. The summed E-state index contributed by atoms with van der Waals surface area (Å²) in [4.78, 5) is 14.1. The van der Waals surface area contributed by atoms with Gasteiger partial charge in [0.2, 0.25) is 0 Å². The smallest absolute Gasteiger partial charge is 0.263 e. The van der Waals surface area contributed by atoms with Crippen LogP contribution >= 0.6 is 0 Å². The van der Waals surface area contributed by atoms with E-state index in [-0.39, 0.29) is 11.5 Å². The van der Waals surface area contributed by atoms with Crippen molar-refractivity contribution in [1.82, 2.24) is 20.9 Å². The molecule has 118 valence electrons. The van der Waals surface area contributed by atoms with Gasteiger partial charge in [0.05, 0.1) is 0 Å². The van der Waals surface area contributed by atoms with Gasteiger partial charge in [-0.15, -0.1) is 0 Å². The third-order valence-corrected chi connectivity index (χ3v) is 3.20. The van der Waals surface area contributed by atoms with Crippen molar-refractivity contribution < 1.29 is 9.53 Å². The molecule has 1 aliphatic heterocycles. The zero-order valence-electron chi connectivity index (χ0n) is 12.7. The van der Waals surface area contributed by atoms with Crippen LogP contribution in [0.3, 0.4) is 0 Å². The van der Waals surface area contributed by atoms with Crippen LogP contribution in [0.4, 0.5) is 0 Å². The molecule has 1 aliphatic rings. The van der Waals surface area contributed by atoms with Crippen LogP contribution in [0.5, 0.6) is 0 Å². The van der Waals surface area contributed by atoms with E-state index in [1.54, 1.807) is 7.11 Å². The molecule has 0 aromatic heterocycles. The maximum Gasteiger partial charge on any atom is 0.263 e. The number of hydrogen-bond donors (Lipinski definition) is 3. The Kier molecular flexibility index (Phi) is 9.20. The molecule has 0 aliphatic carbocycles. The molecule has 3 N–H and O–H groups in total. The van der Waals surface area contributed by atoms with Crippen LogP contribution < -0.4 is 16.0 Å². The largest absolute Gasteiger partial charge is 0.390 e. The first-order chi connectivity index (χ1) is 10.3. The average molecular weight is 295 g/mol. The Hall–Kier alpha value is -1.62. The minimum atomic E-state index is -0.327. The number of hydrogen-bond acceptors (Lipinski definition) is 6. The topological polar surface area (TPSA) is 89.4 Å². The highest BCUT2D eigenvalue weighted by Crippen LogP contribution is 1.93. The maximum atomic E-state index is 11.8. The van der Waals surface area contributed by atoms with Crippen molar-refractivity contribution in [2.24, 2.45) is 0 Å². The Labute approximate surface area is 126 Å². The molecule has 1 saturated heterocycles. The van der Waals surface area contributed by atoms with Gasteiger partial charge in [-0.1, -0.05) is 0 Å². The number of nitrogens with one attached hydrogen (secondary N) is 3. The fraction of sp³-hybridized carbons (Fsp3) is 0.714. The average Bonchev–Trinajstić information content (AvgIpc) is 2.52. The molecule has 0 atom stereocenters. The van der Waals surface area contributed by atoms with E-state index >= 15 is 0 Å². The third kappa shape index (κ3) is 7.66. The zero-order valence-corrected chi connectivity index (χ0v) is 12.7. The fourth-order valence-electron chi connectivity index (χ4n) is 2.00. The van der Waals surface area contributed by atoms with Crippen molar-refractivity contribution in [1.29, 1.82) is 5.26 Å². The van der Waals surface area contributed by atoms with Crippen LogP contribution in [0.25, 0.3) is 0 Å².